The summed E-state index contributed by atoms with van der Waals surface area (Å²) in [5.41, 5.74) is 7.52. The Morgan fingerprint density at radius 1 is 1.56 bits per heavy atom. The molecule has 2 heterocycles. The molecule has 2 N–H and O–H groups in total. The van der Waals surface area contributed by atoms with Crippen molar-refractivity contribution in [1.29, 1.82) is 0 Å². The number of nitrogens with zero attached hydrogens (tertiary/aromatic N) is 2. The number of fused-ring (bicyclic) bond motifs is 1. The number of thioether (sulfide) groups is 1. The number of imidazole rings is 1. The summed E-state index contributed by atoms with van der Waals surface area (Å²) in [6.07, 6.45) is 2.41. The van der Waals surface area contributed by atoms with Crippen LogP contribution in [-0.2, 0) is 6.54 Å². The van der Waals surface area contributed by atoms with Gasteiger partial charge in [-0.3, -0.25) is 0 Å². The average Bonchev–Trinajstić information content (AvgIpc) is 2.86. The highest BCUT2D eigenvalue weighted by molar-refractivity contribution is 8.00. The van der Waals surface area contributed by atoms with Crippen LogP contribution in [0.5, 0.6) is 0 Å². The zero-order chi connectivity index (χ0) is 12.8. The quantitative estimate of drug-likeness (QED) is 0.907. The molecule has 0 bridgehead atoms. The molecule has 1 aromatic heterocycles. The van der Waals surface area contributed by atoms with Gasteiger partial charge in [-0.1, -0.05) is 0 Å². The van der Waals surface area contributed by atoms with Crippen molar-refractivity contribution in [3.63, 3.8) is 0 Å². The van der Waals surface area contributed by atoms with E-state index in [2.05, 4.69) is 11.9 Å². The lowest BCUT2D eigenvalue weighted by atomic mass is 10.1. The van der Waals surface area contributed by atoms with Gasteiger partial charge in [0.05, 0.1) is 11.0 Å². The summed E-state index contributed by atoms with van der Waals surface area (Å²) in [5.74, 6) is 1.43. The second kappa shape index (κ2) is 4.16. The van der Waals surface area contributed by atoms with Crippen LogP contribution < -0.4 is 5.73 Å². The smallest absolute Gasteiger partial charge is 0.201 e. The lowest BCUT2D eigenvalue weighted by Gasteiger charge is -2.24. The second-order valence-electron chi connectivity index (χ2n) is 5.09. The zero-order valence-electron chi connectivity index (χ0n) is 10.3. The molecule has 96 valence electrons. The number of hydrogen-bond acceptors (Lipinski definition) is 3. The number of halogens is 1. The molecule has 1 aromatic carbocycles. The molecule has 0 spiro atoms. The predicted molar refractivity (Wildman–Crippen MR) is 74.2 cm³/mol. The molecule has 0 amide bonds. The van der Waals surface area contributed by atoms with Crippen LogP contribution in [0.4, 0.5) is 10.3 Å². The monoisotopic (exact) mass is 265 g/mol. The maximum atomic E-state index is 13.3. The Morgan fingerprint density at radius 2 is 2.39 bits per heavy atom. The molecular weight excluding hydrogens is 249 g/mol. The minimum Gasteiger partial charge on any atom is -0.369 e. The molecule has 18 heavy (non-hydrogen) atoms. The third kappa shape index (κ3) is 1.96. The Balaban J connectivity index is 2.05. The topological polar surface area (TPSA) is 43.8 Å². The molecule has 3 nitrogen and oxygen atoms in total. The third-order valence-corrected chi connectivity index (χ3v) is 5.06. The Morgan fingerprint density at radius 3 is 3.11 bits per heavy atom. The standard InChI is InChI=1S/C13H16FN3S/c1-13(5-2-6-18-13)8-17-11-7-9(14)3-4-10(11)16-12(17)15/h3-4,7H,2,5-6,8H2,1H3,(H2,15,16). The third-order valence-electron chi connectivity index (χ3n) is 3.53. The van der Waals surface area contributed by atoms with E-state index in [1.807, 2.05) is 16.3 Å². The van der Waals surface area contributed by atoms with Gasteiger partial charge in [-0.2, -0.15) is 11.8 Å². The summed E-state index contributed by atoms with van der Waals surface area (Å²) >= 11 is 1.97. The van der Waals surface area contributed by atoms with Crippen LogP contribution in [0.25, 0.3) is 11.0 Å². The van der Waals surface area contributed by atoms with Crippen molar-refractivity contribution < 1.29 is 4.39 Å². The summed E-state index contributed by atoms with van der Waals surface area (Å²) in [7, 11) is 0. The van der Waals surface area contributed by atoms with Gasteiger partial charge in [-0.05, 0) is 43.7 Å². The molecule has 1 aliphatic rings. The van der Waals surface area contributed by atoms with Crippen LogP contribution >= 0.6 is 11.8 Å². The fourth-order valence-electron chi connectivity index (χ4n) is 2.58. The molecular formula is C13H16FN3S. The Hall–Kier alpha value is -1.23. The van der Waals surface area contributed by atoms with Gasteiger partial charge < -0.3 is 10.3 Å². The fourth-order valence-corrected chi connectivity index (χ4v) is 3.87. The first-order valence-electron chi connectivity index (χ1n) is 6.13. The Bertz CT molecular complexity index is 587. The van der Waals surface area contributed by atoms with E-state index in [1.165, 1.54) is 30.7 Å². The summed E-state index contributed by atoms with van der Waals surface area (Å²) in [6, 6.07) is 4.62. The van der Waals surface area contributed by atoms with Gasteiger partial charge in [0.2, 0.25) is 5.95 Å². The molecule has 2 aromatic rings. The zero-order valence-corrected chi connectivity index (χ0v) is 11.1. The number of benzene rings is 1. The maximum Gasteiger partial charge on any atom is 0.201 e. The number of rotatable bonds is 2. The fraction of sp³-hybridized carbons (Fsp3) is 0.462. The lowest BCUT2D eigenvalue weighted by Crippen LogP contribution is -2.24. The highest BCUT2D eigenvalue weighted by atomic mass is 32.2. The Labute approximate surface area is 110 Å². The molecule has 3 rings (SSSR count). The van der Waals surface area contributed by atoms with Crippen molar-refractivity contribution in [3.05, 3.63) is 24.0 Å². The lowest BCUT2D eigenvalue weighted by molar-refractivity contribution is 0.522. The summed E-state index contributed by atoms with van der Waals surface area (Å²) in [5, 5.41) is 0. The maximum absolute atomic E-state index is 13.3. The van der Waals surface area contributed by atoms with E-state index in [4.69, 9.17) is 5.73 Å². The number of nitrogens with two attached hydrogens (primary N) is 1. The summed E-state index contributed by atoms with van der Waals surface area (Å²) in [4.78, 5) is 4.29. The van der Waals surface area contributed by atoms with Gasteiger partial charge in [0, 0.05) is 11.3 Å². The van der Waals surface area contributed by atoms with Gasteiger partial charge in [-0.25, -0.2) is 9.37 Å². The van der Waals surface area contributed by atoms with E-state index in [0.717, 1.165) is 17.6 Å². The Kier molecular flexibility index (Phi) is 2.73. The molecule has 0 radical (unpaired) electrons. The van der Waals surface area contributed by atoms with E-state index in [9.17, 15) is 4.39 Å². The van der Waals surface area contributed by atoms with Crippen LogP contribution in [0.1, 0.15) is 19.8 Å². The highest BCUT2D eigenvalue weighted by Gasteiger charge is 2.31. The van der Waals surface area contributed by atoms with Crippen LogP contribution in [-0.4, -0.2) is 20.1 Å². The van der Waals surface area contributed by atoms with Gasteiger partial charge in [-0.15, -0.1) is 0 Å². The summed E-state index contributed by atoms with van der Waals surface area (Å²) in [6.45, 7) is 3.04. The van der Waals surface area contributed by atoms with Crippen LogP contribution in [0.2, 0.25) is 0 Å². The number of hydrogen-bond donors (Lipinski definition) is 1. The predicted octanol–water partition coefficient (Wildman–Crippen LogP) is 3.04. The number of anilines is 1. The number of aromatic nitrogens is 2. The van der Waals surface area contributed by atoms with E-state index in [-0.39, 0.29) is 10.6 Å². The van der Waals surface area contributed by atoms with Crippen molar-refractivity contribution in [2.45, 2.75) is 31.1 Å². The van der Waals surface area contributed by atoms with Gasteiger partial charge in [0.25, 0.3) is 0 Å². The van der Waals surface area contributed by atoms with Crippen molar-refractivity contribution in [2.24, 2.45) is 0 Å². The largest absolute Gasteiger partial charge is 0.369 e. The molecule has 1 fully saturated rings. The van der Waals surface area contributed by atoms with Crippen molar-refractivity contribution in [3.8, 4) is 0 Å². The molecule has 0 aliphatic carbocycles. The van der Waals surface area contributed by atoms with Crippen LogP contribution in [0.15, 0.2) is 18.2 Å². The molecule has 1 atom stereocenters. The number of nitrogen functional groups attached to an aromatic ring is 1. The van der Waals surface area contributed by atoms with Gasteiger partial charge in [0.1, 0.15) is 5.82 Å². The molecule has 5 heteroatoms. The second-order valence-corrected chi connectivity index (χ2v) is 6.77. The molecule has 0 saturated carbocycles. The van der Waals surface area contributed by atoms with Crippen molar-refractivity contribution in [2.75, 3.05) is 11.5 Å². The van der Waals surface area contributed by atoms with E-state index < -0.39 is 0 Å². The molecule has 1 saturated heterocycles. The van der Waals surface area contributed by atoms with E-state index >= 15 is 0 Å². The normalized spacial score (nSPS) is 23.9. The van der Waals surface area contributed by atoms with Gasteiger partial charge in [0.15, 0.2) is 0 Å². The van der Waals surface area contributed by atoms with E-state index in [1.54, 1.807) is 6.07 Å². The average molecular weight is 265 g/mol. The first kappa shape index (κ1) is 11.8. The van der Waals surface area contributed by atoms with Gasteiger partial charge >= 0.3 is 0 Å². The minimum absolute atomic E-state index is 0.189. The first-order valence-corrected chi connectivity index (χ1v) is 7.11. The van der Waals surface area contributed by atoms with Crippen LogP contribution in [0.3, 0.4) is 0 Å². The highest BCUT2D eigenvalue weighted by Crippen LogP contribution is 2.40. The van der Waals surface area contributed by atoms with Crippen molar-refractivity contribution >= 4 is 28.7 Å². The van der Waals surface area contributed by atoms with Crippen molar-refractivity contribution in [1.82, 2.24) is 9.55 Å². The van der Waals surface area contributed by atoms with Crippen LogP contribution in [0, 0.1) is 5.82 Å². The van der Waals surface area contributed by atoms with E-state index in [0.29, 0.717) is 5.95 Å². The first-order chi connectivity index (χ1) is 8.57. The molecule has 1 unspecified atom stereocenters. The summed E-state index contributed by atoms with van der Waals surface area (Å²) < 4.78 is 15.5. The molecule has 1 aliphatic heterocycles. The SMILES string of the molecule is CC1(Cn2c(N)nc3ccc(F)cc32)CCCS1. The minimum atomic E-state index is -0.243.